The van der Waals surface area contributed by atoms with Gasteiger partial charge in [0.1, 0.15) is 0 Å². The van der Waals surface area contributed by atoms with Crippen molar-refractivity contribution in [1.82, 2.24) is 15.1 Å². The zero-order valence-corrected chi connectivity index (χ0v) is 10.8. The Hall–Kier alpha value is -1.75. The number of nitrogens with zero attached hydrogens (tertiary/aromatic N) is 3. The highest BCUT2D eigenvalue weighted by atomic mass is 16.5. The Labute approximate surface area is 106 Å². The van der Waals surface area contributed by atoms with Crippen molar-refractivity contribution < 1.29 is 9.63 Å². The van der Waals surface area contributed by atoms with Crippen molar-refractivity contribution in [3.05, 3.63) is 29.9 Å². The molecule has 1 unspecified atom stereocenters. The maximum Gasteiger partial charge on any atom is 0.229 e. The van der Waals surface area contributed by atoms with Gasteiger partial charge in [0.2, 0.25) is 11.7 Å². The zero-order chi connectivity index (χ0) is 13.1. The number of aliphatic hydroxyl groups is 1. The number of aryl methyl sites for hydroxylation is 1. The van der Waals surface area contributed by atoms with Crippen LogP contribution >= 0.6 is 0 Å². The number of pyridine rings is 1. The van der Waals surface area contributed by atoms with Crippen LogP contribution in [0.4, 0.5) is 0 Å². The first-order chi connectivity index (χ1) is 8.58. The van der Waals surface area contributed by atoms with E-state index in [2.05, 4.69) is 15.1 Å². The first kappa shape index (κ1) is 12.7. The Balaban J connectivity index is 2.18. The molecule has 0 spiro atoms. The first-order valence-electron chi connectivity index (χ1n) is 5.99. The van der Waals surface area contributed by atoms with E-state index in [0.29, 0.717) is 18.1 Å². The Kier molecular flexibility index (Phi) is 3.72. The molecule has 0 aromatic carbocycles. The van der Waals surface area contributed by atoms with Crippen LogP contribution in [0.15, 0.2) is 23.0 Å². The first-order valence-corrected chi connectivity index (χ1v) is 5.99. The van der Waals surface area contributed by atoms with E-state index in [9.17, 15) is 5.11 Å². The highest BCUT2D eigenvalue weighted by Gasteiger charge is 2.16. The second-order valence-corrected chi connectivity index (χ2v) is 4.72. The van der Waals surface area contributed by atoms with Crippen LogP contribution < -0.4 is 0 Å². The SMILES string of the molecule is Cc1cnccc1-c1noc(CC(O)C(C)C)n1. The van der Waals surface area contributed by atoms with Gasteiger partial charge in [0.05, 0.1) is 12.5 Å². The fourth-order valence-electron chi connectivity index (χ4n) is 1.59. The van der Waals surface area contributed by atoms with Gasteiger partial charge in [-0.05, 0) is 24.5 Å². The third kappa shape index (κ3) is 2.73. The van der Waals surface area contributed by atoms with E-state index in [0.717, 1.165) is 11.1 Å². The van der Waals surface area contributed by atoms with Gasteiger partial charge in [0.15, 0.2) is 0 Å². The summed E-state index contributed by atoms with van der Waals surface area (Å²) in [5, 5.41) is 13.7. The fourth-order valence-corrected chi connectivity index (χ4v) is 1.59. The lowest BCUT2D eigenvalue weighted by Gasteiger charge is -2.10. The summed E-state index contributed by atoms with van der Waals surface area (Å²) >= 11 is 0. The maximum atomic E-state index is 9.78. The number of rotatable bonds is 4. The number of hydrogen-bond acceptors (Lipinski definition) is 5. The molecule has 5 heteroatoms. The smallest absolute Gasteiger partial charge is 0.229 e. The average Bonchev–Trinajstić information content (AvgIpc) is 2.77. The number of aliphatic hydroxyl groups excluding tert-OH is 1. The molecule has 0 saturated heterocycles. The van der Waals surface area contributed by atoms with Crippen LogP contribution in [0.5, 0.6) is 0 Å². The largest absolute Gasteiger partial charge is 0.392 e. The summed E-state index contributed by atoms with van der Waals surface area (Å²) in [6.07, 6.45) is 3.38. The molecular formula is C13H17N3O2. The molecule has 0 fully saturated rings. The van der Waals surface area contributed by atoms with Crippen molar-refractivity contribution in [3.63, 3.8) is 0 Å². The van der Waals surface area contributed by atoms with Gasteiger partial charge in [-0.15, -0.1) is 0 Å². The molecule has 2 aromatic rings. The normalized spacial score (nSPS) is 12.9. The van der Waals surface area contributed by atoms with E-state index in [1.165, 1.54) is 0 Å². The zero-order valence-electron chi connectivity index (χ0n) is 10.8. The summed E-state index contributed by atoms with van der Waals surface area (Å²) in [6, 6.07) is 1.85. The van der Waals surface area contributed by atoms with Crippen LogP contribution in [0.2, 0.25) is 0 Å². The Bertz CT molecular complexity index is 522. The van der Waals surface area contributed by atoms with E-state index < -0.39 is 6.10 Å². The van der Waals surface area contributed by atoms with Crippen LogP contribution in [0.3, 0.4) is 0 Å². The molecule has 5 nitrogen and oxygen atoms in total. The van der Waals surface area contributed by atoms with Gasteiger partial charge < -0.3 is 9.63 Å². The van der Waals surface area contributed by atoms with Crippen LogP contribution in [-0.4, -0.2) is 26.3 Å². The van der Waals surface area contributed by atoms with Gasteiger partial charge in [-0.25, -0.2) is 0 Å². The lowest BCUT2D eigenvalue weighted by molar-refractivity contribution is 0.116. The quantitative estimate of drug-likeness (QED) is 0.894. The monoisotopic (exact) mass is 247 g/mol. The van der Waals surface area contributed by atoms with E-state index in [1.54, 1.807) is 12.4 Å². The van der Waals surface area contributed by atoms with Crippen molar-refractivity contribution in [2.75, 3.05) is 0 Å². The van der Waals surface area contributed by atoms with Crippen molar-refractivity contribution in [1.29, 1.82) is 0 Å². The van der Waals surface area contributed by atoms with Crippen LogP contribution in [0.1, 0.15) is 25.3 Å². The highest BCUT2D eigenvalue weighted by molar-refractivity contribution is 5.57. The molecule has 2 heterocycles. The van der Waals surface area contributed by atoms with Crippen LogP contribution in [-0.2, 0) is 6.42 Å². The Morgan fingerprint density at radius 1 is 1.39 bits per heavy atom. The molecule has 0 aliphatic carbocycles. The minimum absolute atomic E-state index is 0.169. The fraction of sp³-hybridized carbons (Fsp3) is 0.462. The van der Waals surface area contributed by atoms with Crippen LogP contribution in [0, 0.1) is 12.8 Å². The van der Waals surface area contributed by atoms with Gasteiger partial charge in [-0.2, -0.15) is 4.98 Å². The average molecular weight is 247 g/mol. The predicted molar refractivity (Wildman–Crippen MR) is 66.8 cm³/mol. The van der Waals surface area contributed by atoms with Crippen molar-refractivity contribution in [3.8, 4) is 11.4 Å². The summed E-state index contributed by atoms with van der Waals surface area (Å²) in [5.74, 6) is 1.17. The molecule has 0 saturated carbocycles. The molecule has 2 rings (SSSR count). The molecule has 1 N–H and O–H groups in total. The van der Waals surface area contributed by atoms with Crippen molar-refractivity contribution in [2.45, 2.75) is 33.3 Å². The molecule has 0 aliphatic heterocycles. The summed E-state index contributed by atoms with van der Waals surface area (Å²) in [4.78, 5) is 8.32. The predicted octanol–water partition coefficient (Wildman–Crippen LogP) is 2.00. The van der Waals surface area contributed by atoms with Gasteiger partial charge >= 0.3 is 0 Å². The molecule has 1 atom stereocenters. The van der Waals surface area contributed by atoms with E-state index >= 15 is 0 Å². The van der Waals surface area contributed by atoms with Crippen molar-refractivity contribution >= 4 is 0 Å². The summed E-state index contributed by atoms with van der Waals surface area (Å²) < 4.78 is 5.15. The van der Waals surface area contributed by atoms with Crippen molar-refractivity contribution in [2.24, 2.45) is 5.92 Å². The summed E-state index contributed by atoms with van der Waals surface area (Å²) in [7, 11) is 0. The van der Waals surface area contributed by atoms with E-state index in [1.807, 2.05) is 26.8 Å². The molecule has 18 heavy (non-hydrogen) atoms. The third-order valence-corrected chi connectivity index (χ3v) is 2.88. The van der Waals surface area contributed by atoms with Gasteiger partial charge in [-0.3, -0.25) is 4.98 Å². The van der Waals surface area contributed by atoms with Gasteiger partial charge in [0, 0.05) is 18.0 Å². The summed E-state index contributed by atoms with van der Waals surface area (Å²) in [5.41, 5.74) is 1.90. The number of hydrogen-bond donors (Lipinski definition) is 1. The maximum absolute atomic E-state index is 9.78. The summed E-state index contributed by atoms with van der Waals surface area (Å²) in [6.45, 7) is 5.85. The molecule has 0 aliphatic rings. The molecule has 96 valence electrons. The lowest BCUT2D eigenvalue weighted by Crippen LogP contribution is -2.17. The van der Waals surface area contributed by atoms with E-state index in [4.69, 9.17) is 4.52 Å². The minimum atomic E-state index is -0.461. The highest BCUT2D eigenvalue weighted by Crippen LogP contribution is 2.19. The Morgan fingerprint density at radius 2 is 2.17 bits per heavy atom. The van der Waals surface area contributed by atoms with Gasteiger partial charge in [0.25, 0.3) is 0 Å². The van der Waals surface area contributed by atoms with Gasteiger partial charge in [-0.1, -0.05) is 19.0 Å². The Morgan fingerprint density at radius 3 is 2.83 bits per heavy atom. The molecule has 2 aromatic heterocycles. The lowest BCUT2D eigenvalue weighted by atomic mass is 10.0. The molecular weight excluding hydrogens is 230 g/mol. The minimum Gasteiger partial charge on any atom is -0.392 e. The topological polar surface area (TPSA) is 72.0 Å². The van der Waals surface area contributed by atoms with E-state index in [-0.39, 0.29) is 5.92 Å². The molecule has 0 amide bonds. The van der Waals surface area contributed by atoms with Crippen LogP contribution in [0.25, 0.3) is 11.4 Å². The number of aromatic nitrogens is 3. The second-order valence-electron chi connectivity index (χ2n) is 4.72. The standard InChI is InChI=1S/C13H17N3O2/c1-8(2)11(17)6-12-15-13(16-18-12)10-4-5-14-7-9(10)3/h4-5,7-8,11,17H,6H2,1-3H3. The molecule has 0 bridgehead atoms. The third-order valence-electron chi connectivity index (χ3n) is 2.88. The second kappa shape index (κ2) is 5.27. The molecule has 0 radical (unpaired) electrons.